The summed E-state index contributed by atoms with van der Waals surface area (Å²) in [6.45, 7) is 0. The summed E-state index contributed by atoms with van der Waals surface area (Å²) in [7, 11) is 2.22. The first-order valence-corrected chi connectivity index (χ1v) is 7.48. The molecule has 0 saturated carbocycles. The normalized spacial score (nSPS) is 10.9. The lowest BCUT2D eigenvalue weighted by Crippen LogP contribution is -2.02. The van der Waals surface area contributed by atoms with Crippen molar-refractivity contribution in [1.82, 2.24) is 9.55 Å². The lowest BCUT2D eigenvalue weighted by atomic mass is 10.1. The maximum absolute atomic E-state index is 8.99. The summed E-state index contributed by atoms with van der Waals surface area (Å²) >= 11 is 0. The van der Waals surface area contributed by atoms with Gasteiger partial charge >= 0.3 is 7.69 Å². The zero-order valence-corrected chi connectivity index (χ0v) is 13.0. The molecule has 0 aliphatic heterocycles. The highest BCUT2D eigenvalue weighted by Gasteiger charge is 2.16. The minimum absolute atomic E-state index is 0.455. The highest BCUT2D eigenvalue weighted by atomic mass is 16.5. The smallest absolute Gasteiger partial charge is 0.535 e. The molecule has 2 aromatic heterocycles. The van der Waals surface area contributed by atoms with E-state index >= 15 is 0 Å². The van der Waals surface area contributed by atoms with E-state index in [1.807, 2.05) is 42.5 Å². The first-order chi connectivity index (χ1) is 11.8. The monoisotopic (exact) mass is 317 g/mol. The van der Waals surface area contributed by atoms with Crippen molar-refractivity contribution in [2.24, 2.45) is 0 Å². The second-order valence-electron chi connectivity index (χ2n) is 5.28. The number of hydrogen-bond donors (Lipinski definition) is 1. The van der Waals surface area contributed by atoms with Crippen LogP contribution in [0, 0.1) is 0 Å². The third-order valence-corrected chi connectivity index (χ3v) is 4.02. The molecule has 4 rings (SSSR count). The van der Waals surface area contributed by atoms with Crippen LogP contribution in [0.5, 0.6) is 11.5 Å². The van der Waals surface area contributed by atoms with Crippen LogP contribution in [0.2, 0.25) is 0 Å². The van der Waals surface area contributed by atoms with Crippen molar-refractivity contribution in [1.29, 1.82) is 0 Å². The van der Waals surface area contributed by atoms with E-state index in [9.17, 15) is 0 Å². The van der Waals surface area contributed by atoms with Crippen molar-refractivity contribution in [3.8, 4) is 17.3 Å². The molecule has 117 valence electrons. The average molecular weight is 317 g/mol. The highest BCUT2D eigenvalue weighted by Crippen LogP contribution is 2.38. The van der Waals surface area contributed by atoms with Gasteiger partial charge in [-0.25, -0.2) is 4.98 Å². The molecule has 0 spiro atoms. The second kappa shape index (κ2) is 5.90. The summed E-state index contributed by atoms with van der Waals surface area (Å²) in [4.78, 5) is 4.48. The fourth-order valence-corrected chi connectivity index (χ4v) is 3.02. The van der Waals surface area contributed by atoms with Gasteiger partial charge in [0.05, 0.1) is 18.1 Å². The van der Waals surface area contributed by atoms with Crippen molar-refractivity contribution < 1.29 is 14.4 Å². The predicted molar refractivity (Wildman–Crippen MR) is 93.7 cm³/mol. The summed E-state index contributed by atoms with van der Waals surface area (Å²) in [5.74, 6) is 1.82. The van der Waals surface area contributed by atoms with Crippen LogP contribution in [0.25, 0.3) is 27.6 Å². The molecule has 0 aliphatic carbocycles. The number of aromatic nitrogens is 2. The van der Waals surface area contributed by atoms with E-state index in [0.717, 1.165) is 27.6 Å². The molecule has 24 heavy (non-hydrogen) atoms. The van der Waals surface area contributed by atoms with E-state index in [0.29, 0.717) is 19.2 Å². The number of ether oxygens (including phenoxy) is 1. The Kier molecular flexibility index (Phi) is 3.59. The Balaban J connectivity index is 2.13. The van der Waals surface area contributed by atoms with Gasteiger partial charge in [0.15, 0.2) is 5.75 Å². The molecule has 1 N–H and O–H groups in total. The van der Waals surface area contributed by atoms with E-state index in [2.05, 4.69) is 21.7 Å². The number of para-hydroxylation sites is 1. The topological polar surface area (TPSA) is 56.5 Å². The molecule has 5 nitrogen and oxygen atoms in total. The standard InChI is InChI=1S/C18H14BN2O3/c1-23-16-11-15-13(10-17(16)24-19-22)12-6-2-3-7-14(12)21(15)18-8-4-5-9-20-18/h2-11,22H,1H3. The van der Waals surface area contributed by atoms with Gasteiger partial charge < -0.3 is 14.4 Å². The number of pyridine rings is 1. The number of methoxy groups -OCH3 is 1. The molecule has 0 aliphatic rings. The Morgan fingerprint density at radius 3 is 2.54 bits per heavy atom. The van der Waals surface area contributed by atoms with Gasteiger partial charge in [0.2, 0.25) is 0 Å². The Bertz CT molecular complexity index is 1020. The van der Waals surface area contributed by atoms with E-state index in [1.54, 1.807) is 13.3 Å². The highest BCUT2D eigenvalue weighted by molar-refractivity contribution is 6.18. The van der Waals surface area contributed by atoms with E-state index in [-0.39, 0.29) is 0 Å². The van der Waals surface area contributed by atoms with Gasteiger partial charge in [-0.1, -0.05) is 24.3 Å². The second-order valence-corrected chi connectivity index (χ2v) is 5.28. The predicted octanol–water partition coefficient (Wildman–Crippen LogP) is 3.09. The number of nitrogens with zero attached hydrogens (tertiary/aromatic N) is 2. The van der Waals surface area contributed by atoms with Gasteiger partial charge in [-0.3, -0.25) is 4.57 Å². The molecule has 1 radical (unpaired) electrons. The first-order valence-electron chi connectivity index (χ1n) is 7.48. The van der Waals surface area contributed by atoms with Crippen molar-refractivity contribution >= 4 is 29.5 Å². The summed E-state index contributed by atoms with van der Waals surface area (Å²) in [5.41, 5.74) is 2.00. The van der Waals surface area contributed by atoms with Gasteiger partial charge in [0.25, 0.3) is 0 Å². The minimum Gasteiger partial charge on any atom is -0.535 e. The zero-order chi connectivity index (χ0) is 16.5. The van der Waals surface area contributed by atoms with Crippen LogP contribution in [-0.2, 0) is 0 Å². The van der Waals surface area contributed by atoms with E-state index in [1.165, 1.54) is 0 Å². The van der Waals surface area contributed by atoms with Crippen molar-refractivity contribution in [3.63, 3.8) is 0 Å². The molecule has 0 unspecified atom stereocenters. The van der Waals surface area contributed by atoms with Crippen molar-refractivity contribution in [3.05, 3.63) is 60.8 Å². The fraction of sp³-hybridized carbons (Fsp3) is 0.0556. The van der Waals surface area contributed by atoms with E-state index < -0.39 is 0 Å². The molecule has 0 fully saturated rings. The van der Waals surface area contributed by atoms with Crippen LogP contribution in [0.15, 0.2) is 60.8 Å². The number of rotatable bonds is 4. The molecular weight excluding hydrogens is 303 g/mol. The third kappa shape index (κ3) is 2.20. The van der Waals surface area contributed by atoms with Gasteiger partial charge in [-0.05, 0) is 24.3 Å². The maximum Gasteiger partial charge on any atom is 0.569 e. The Labute approximate surface area is 139 Å². The van der Waals surface area contributed by atoms with Gasteiger partial charge in [-0.2, -0.15) is 0 Å². The molecular formula is C18H14BN2O3. The molecule has 0 amide bonds. The summed E-state index contributed by atoms with van der Waals surface area (Å²) in [5, 5.41) is 11.1. The fourth-order valence-electron chi connectivity index (χ4n) is 3.02. The molecule has 4 aromatic rings. The zero-order valence-electron chi connectivity index (χ0n) is 13.0. The third-order valence-electron chi connectivity index (χ3n) is 4.02. The molecule has 6 heteroatoms. The summed E-state index contributed by atoms with van der Waals surface area (Å²) < 4.78 is 12.7. The van der Waals surface area contributed by atoms with Crippen LogP contribution >= 0.6 is 0 Å². The quantitative estimate of drug-likeness (QED) is 0.588. The molecule has 2 heterocycles. The van der Waals surface area contributed by atoms with Crippen LogP contribution in [0.1, 0.15) is 0 Å². The van der Waals surface area contributed by atoms with Crippen LogP contribution < -0.4 is 9.39 Å². The SMILES string of the molecule is COc1cc2c(cc1O[B]O)c1ccccc1n2-c1ccccn1. The van der Waals surface area contributed by atoms with Crippen LogP contribution in [0.3, 0.4) is 0 Å². The summed E-state index contributed by atoms with van der Waals surface area (Å²) in [6.07, 6.45) is 1.77. The van der Waals surface area contributed by atoms with Gasteiger partial charge in [0, 0.05) is 23.0 Å². The van der Waals surface area contributed by atoms with Crippen LogP contribution in [-0.4, -0.2) is 29.4 Å². The van der Waals surface area contributed by atoms with Crippen molar-refractivity contribution in [2.75, 3.05) is 7.11 Å². The Morgan fingerprint density at radius 1 is 0.958 bits per heavy atom. The number of hydrogen-bond acceptors (Lipinski definition) is 4. The lowest BCUT2D eigenvalue weighted by molar-refractivity contribution is 0.382. The Morgan fingerprint density at radius 2 is 1.79 bits per heavy atom. The number of fused-ring (bicyclic) bond motifs is 3. The number of benzene rings is 2. The summed E-state index contributed by atoms with van der Waals surface area (Å²) in [6, 6.07) is 17.7. The minimum atomic E-state index is 0.455. The molecule has 0 saturated heterocycles. The molecule has 2 aromatic carbocycles. The average Bonchev–Trinajstić information content (AvgIpc) is 2.95. The largest absolute Gasteiger partial charge is 0.569 e. The van der Waals surface area contributed by atoms with Gasteiger partial charge in [-0.15, -0.1) is 0 Å². The van der Waals surface area contributed by atoms with Crippen molar-refractivity contribution in [2.45, 2.75) is 0 Å². The van der Waals surface area contributed by atoms with Crippen LogP contribution in [0.4, 0.5) is 0 Å². The van der Waals surface area contributed by atoms with Gasteiger partial charge in [0.1, 0.15) is 11.6 Å². The Hall–Kier alpha value is -2.99. The maximum atomic E-state index is 8.99. The molecule has 0 atom stereocenters. The lowest BCUT2D eigenvalue weighted by Gasteiger charge is -2.10. The van der Waals surface area contributed by atoms with E-state index in [4.69, 9.17) is 14.4 Å². The first kappa shape index (κ1) is 14.6. The molecule has 0 bridgehead atoms.